The van der Waals surface area contributed by atoms with Crippen molar-refractivity contribution in [2.75, 3.05) is 5.32 Å². The molecule has 2 rings (SSSR count). The summed E-state index contributed by atoms with van der Waals surface area (Å²) in [6.45, 7) is 1.86. The van der Waals surface area contributed by atoms with Gasteiger partial charge >= 0.3 is 6.18 Å². The molecule has 2 aromatic rings. The molecule has 2 nitrogen and oxygen atoms in total. The van der Waals surface area contributed by atoms with Gasteiger partial charge in [0.2, 0.25) is 0 Å². The lowest BCUT2D eigenvalue weighted by Gasteiger charge is -2.19. The smallest absolute Gasteiger partial charge is 0.418 e. The van der Waals surface area contributed by atoms with Gasteiger partial charge in [0.25, 0.3) is 0 Å². The van der Waals surface area contributed by atoms with Crippen LogP contribution in [0, 0.1) is 0 Å². The maximum atomic E-state index is 12.9. The van der Waals surface area contributed by atoms with E-state index in [9.17, 15) is 13.2 Å². The fourth-order valence-corrected chi connectivity index (χ4v) is 2.01. The first-order chi connectivity index (χ1) is 9.47. The highest BCUT2D eigenvalue weighted by Crippen LogP contribution is 2.34. The summed E-state index contributed by atoms with van der Waals surface area (Å²) in [7, 11) is 0. The average molecular weight is 283 g/mol. The molecule has 0 radical (unpaired) electrons. The molecule has 0 aliphatic carbocycles. The number of halogens is 3. The lowest BCUT2D eigenvalue weighted by molar-refractivity contribution is -0.137. The molecule has 1 heterocycles. The molecule has 1 atom stereocenters. The Morgan fingerprint density at radius 2 is 1.90 bits per heavy atom. The number of benzene rings is 1. The van der Waals surface area contributed by atoms with E-state index in [1.54, 1.807) is 18.4 Å². The first-order valence-corrected chi connectivity index (χ1v) is 6.42. The van der Waals surface area contributed by atoms with Gasteiger partial charge < -0.3 is 9.73 Å². The molecular weight excluding hydrogens is 267 g/mol. The molecule has 1 unspecified atom stereocenters. The minimum absolute atomic E-state index is 0.0800. The summed E-state index contributed by atoms with van der Waals surface area (Å²) < 4.78 is 43.8. The zero-order valence-electron chi connectivity index (χ0n) is 11.1. The average Bonchev–Trinajstić information content (AvgIpc) is 2.89. The fourth-order valence-electron chi connectivity index (χ4n) is 2.01. The van der Waals surface area contributed by atoms with E-state index in [2.05, 4.69) is 5.32 Å². The molecule has 1 aromatic heterocycles. The first kappa shape index (κ1) is 14.5. The van der Waals surface area contributed by atoms with Gasteiger partial charge in [-0.1, -0.05) is 12.1 Å². The Morgan fingerprint density at radius 3 is 2.55 bits per heavy atom. The Hall–Kier alpha value is -1.91. The van der Waals surface area contributed by atoms with Crippen molar-refractivity contribution in [3.05, 3.63) is 54.0 Å². The Balaban J connectivity index is 1.99. The van der Waals surface area contributed by atoms with Crippen LogP contribution in [0.5, 0.6) is 0 Å². The number of nitrogens with one attached hydrogen (secondary N) is 1. The van der Waals surface area contributed by atoms with Crippen molar-refractivity contribution < 1.29 is 17.6 Å². The van der Waals surface area contributed by atoms with E-state index >= 15 is 0 Å². The Kier molecular flexibility index (Phi) is 4.37. The highest BCUT2D eigenvalue weighted by atomic mass is 19.4. The van der Waals surface area contributed by atoms with Crippen LogP contribution in [-0.2, 0) is 12.6 Å². The van der Waals surface area contributed by atoms with Crippen LogP contribution in [0.4, 0.5) is 18.9 Å². The third kappa shape index (κ3) is 3.79. The number of para-hydroxylation sites is 1. The van der Waals surface area contributed by atoms with Crippen LogP contribution in [0.3, 0.4) is 0 Å². The largest absolute Gasteiger partial charge is 0.469 e. The standard InChI is InChI=1S/C15H16F3NO/c1-11(8-9-12-5-4-10-20-12)19-14-7-3-2-6-13(14)15(16,17)18/h2-7,10-11,19H,8-9H2,1H3. The number of aryl methyl sites for hydroxylation is 1. The molecule has 0 spiro atoms. The third-order valence-corrected chi connectivity index (χ3v) is 3.04. The van der Waals surface area contributed by atoms with Gasteiger partial charge in [0.1, 0.15) is 5.76 Å². The molecule has 0 bridgehead atoms. The van der Waals surface area contributed by atoms with Crippen molar-refractivity contribution >= 4 is 5.69 Å². The molecule has 0 amide bonds. The topological polar surface area (TPSA) is 25.2 Å². The second-order valence-electron chi connectivity index (χ2n) is 4.71. The molecule has 0 fully saturated rings. The number of alkyl halides is 3. The quantitative estimate of drug-likeness (QED) is 0.858. The first-order valence-electron chi connectivity index (χ1n) is 6.42. The molecule has 0 aliphatic rings. The van der Waals surface area contributed by atoms with E-state index in [1.807, 2.05) is 13.0 Å². The molecule has 108 valence electrons. The van der Waals surface area contributed by atoms with Crippen molar-refractivity contribution in [1.29, 1.82) is 0 Å². The SMILES string of the molecule is CC(CCc1ccco1)Nc1ccccc1C(F)(F)F. The van der Waals surface area contributed by atoms with Crippen LogP contribution in [0.25, 0.3) is 0 Å². The van der Waals surface area contributed by atoms with Gasteiger partial charge in [-0.2, -0.15) is 13.2 Å². The Bertz CT molecular complexity index is 534. The van der Waals surface area contributed by atoms with Gasteiger partial charge in [0, 0.05) is 18.2 Å². The van der Waals surface area contributed by atoms with Gasteiger partial charge in [-0.25, -0.2) is 0 Å². The van der Waals surface area contributed by atoms with Crippen LogP contribution < -0.4 is 5.32 Å². The van der Waals surface area contributed by atoms with Crippen molar-refractivity contribution in [3.63, 3.8) is 0 Å². The number of furan rings is 1. The van der Waals surface area contributed by atoms with Crippen molar-refractivity contribution in [2.45, 2.75) is 32.0 Å². The minimum Gasteiger partial charge on any atom is -0.469 e. The van der Waals surface area contributed by atoms with Crippen LogP contribution in [0.2, 0.25) is 0 Å². The van der Waals surface area contributed by atoms with Crippen molar-refractivity contribution in [1.82, 2.24) is 0 Å². The van der Waals surface area contributed by atoms with Crippen LogP contribution in [0.15, 0.2) is 47.1 Å². The highest BCUT2D eigenvalue weighted by molar-refractivity contribution is 5.53. The summed E-state index contributed by atoms with van der Waals surface area (Å²) in [4.78, 5) is 0. The predicted octanol–water partition coefficient (Wildman–Crippen LogP) is 4.73. The predicted molar refractivity (Wildman–Crippen MR) is 71.6 cm³/mol. The highest BCUT2D eigenvalue weighted by Gasteiger charge is 2.33. The summed E-state index contributed by atoms with van der Waals surface area (Å²) in [6.07, 6.45) is -1.37. The lowest BCUT2D eigenvalue weighted by atomic mass is 10.1. The van der Waals surface area contributed by atoms with E-state index in [4.69, 9.17) is 4.42 Å². The number of anilines is 1. The maximum absolute atomic E-state index is 12.9. The summed E-state index contributed by atoms with van der Waals surface area (Å²) in [5.74, 6) is 0.836. The third-order valence-electron chi connectivity index (χ3n) is 3.04. The molecule has 1 N–H and O–H groups in total. The Morgan fingerprint density at radius 1 is 1.15 bits per heavy atom. The van der Waals surface area contributed by atoms with E-state index < -0.39 is 11.7 Å². The Labute approximate surface area is 115 Å². The number of hydrogen-bond acceptors (Lipinski definition) is 2. The summed E-state index contributed by atoms with van der Waals surface area (Å²) >= 11 is 0. The molecule has 20 heavy (non-hydrogen) atoms. The molecule has 1 aromatic carbocycles. The minimum atomic E-state index is -4.34. The number of rotatable bonds is 5. The lowest BCUT2D eigenvalue weighted by Crippen LogP contribution is -2.19. The molecule has 5 heteroatoms. The zero-order valence-corrected chi connectivity index (χ0v) is 11.1. The zero-order chi connectivity index (χ0) is 14.6. The van der Waals surface area contributed by atoms with Crippen LogP contribution in [-0.4, -0.2) is 6.04 Å². The maximum Gasteiger partial charge on any atom is 0.418 e. The normalized spacial score (nSPS) is 13.2. The van der Waals surface area contributed by atoms with Gasteiger partial charge in [0.05, 0.1) is 11.8 Å². The van der Waals surface area contributed by atoms with Gasteiger partial charge in [0.15, 0.2) is 0 Å². The molecule has 0 aliphatic heterocycles. The van der Waals surface area contributed by atoms with Gasteiger partial charge in [-0.05, 0) is 37.6 Å². The van der Waals surface area contributed by atoms with E-state index in [1.165, 1.54) is 12.1 Å². The van der Waals surface area contributed by atoms with E-state index in [0.29, 0.717) is 12.8 Å². The second kappa shape index (κ2) is 6.03. The monoisotopic (exact) mass is 283 g/mol. The molecule has 0 saturated carbocycles. The summed E-state index contributed by atoms with van der Waals surface area (Å²) in [6, 6.07) is 9.10. The second-order valence-corrected chi connectivity index (χ2v) is 4.71. The van der Waals surface area contributed by atoms with E-state index in [-0.39, 0.29) is 11.7 Å². The number of hydrogen-bond donors (Lipinski definition) is 1. The van der Waals surface area contributed by atoms with Crippen LogP contribution >= 0.6 is 0 Å². The summed E-state index contributed by atoms with van der Waals surface area (Å²) in [5, 5.41) is 2.92. The fraction of sp³-hybridized carbons (Fsp3) is 0.333. The van der Waals surface area contributed by atoms with Gasteiger partial charge in [-0.15, -0.1) is 0 Å². The van der Waals surface area contributed by atoms with Crippen LogP contribution in [0.1, 0.15) is 24.7 Å². The van der Waals surface area contributed by atoms with E-state index in [0.717, 1.165) is 11.8 Å². The van der Waals surface area contributed by atoms with Gasteiger partial charge in [-0.3, -0.25) is 0 Å². The molecular formula is C15H16F3NO. The summed E-state index contributed by atoms with van der Waals surface area (Å²) in [5.41, 5.74) is -0.517. The molecule has 0 saturated heterocycles. The van der Waals surface area contributed by atoms with Crippen molar-refractivity contribution in [2.24, 2.45) is 0 Å². The van der Waals surface area contributed by atoms with Crippen molar-refractivity contribution in [3.8, 4) is 0 Å².